The Morgan fingerprint density at radius 1 is 0.938 bits per heavy atom. The molecule has 5 nitrogen and oxygen atoms in total. The number of hydrogen-bond acceptors (Lipinski definition) is 5. The standard InChI is InChI=1S/C25H19Cl2NO4/c1-16-7-9-22(30-11-12-31-23-10-8-19(26)15-20(23)27)18(13-16)14-21-25(29)32-24(28-21)17-5-3-2-4-6-17/h2-10,13-15H,11-12H2,1H3/b21-14-. The van der Waals surface area contributed by atoms with Gasteiger partial charge in [0.25, 0.3) is 0 Å². The zero-order valence-electron chi connectivity index (χ0n) is 17.2. The van der Waals surface area contributed by atoms with Gasteiger partial charge in [-0.2, -0.15) is 0 Å². The number of rotatable bonds is 7. The van der Waals surface area contributed by atoms with E-state index in [2.05, 4.69) is 4.99 Å². The van der Waals surface area contributed by atoms with Crippen LogP contribution in [0.15, 0.2) is 77.4 Å². The van der Waals surface area contributed by atoms with Crippen LogP contribution in [0.3, 0.4) is 0 Å². The molecule has 0 spiro atoms. The molecule has 3 aromatic carbocycles. The summed E-state index contributed by atoms with van der Waals surface area (Å²) in [7, 11) is 0. The van der Waals surface area contributed by atoms with Gasteiger partial charge in [0.05, 0.1) is 5.02 Å². The number of ether oxygens (including phenoxy) is 3. The van der Waals surface area contributed by atoms with Crippen LogP contribution in [-0.2, 0) is 9.53 Å². The van der Waals surface area contributed by atoms with E-state index in [1.165, 1.54) is 0 Å². The molecule has 0 aromatic heterocycles. The van der Waals surface area contributed by atoms with Gasteiger partial charge < -0.3 is 14.2 Å². The molecule has 0 radical (unpaired) electrons. The van der Waals surface area contributed by atoms with E-state index in [4.69, 9.17) is 37.4 Å². The van der Waals surface area contributed by atoms with Gasteiger partial charge in [0, 0.05) is 16.1 Å². The molecule has 0 N–H and O–H groups in total. The van der Waals surface area contributed by atoms with Gasteiger partial charge in [0.2, 0.25) is 5.90 Å². The number of nitrogens with zero attached hydrogens (tertiary/aromatic N) is 1. The maximum absolute atomic E-state index is 12.3. The Balaban J connectivity index is 1.47. The minimum absolute atomic E-state index is 0.212. The zero-order chi connectivity index (χ0) is 22.5. The van der Waals surface area contributed by atoms with Crippen LogP contribution >= 0.6 is 23.2 Å². The summed E-state index contributed by atoms with van der Waals surface area (Å²) in [5.74, 6) is 0.912. The molecule has 0 saturated carbocycles. The Kier molecular flexibility index (Phi) is 6.78. The monoisotopic (exact) mass is 467 g/mol. The third kappa shape index (κ3) is 5.31. The maximum atomic E-state index is 12.3. The molecule has 0 unspecified atom stereocenters. The molecule has 1 aliphatic heterocycles. The quantitative estimate of drug-likeness (QED) is 0.239. The molecule has 1 heterocycles. The van der Waals surface area contributed by atoms with Gasteiger partial charge in [0.15, 0.2) is 5.70 Å². The summed E-state index contributed by atoms with van der Waals surface area (Å²) in [5, 5.41) is 0.976. The van der Waals surface area contributed by atoms with E-state index in [1.54, 1.807) is 24.3 Å². The number of hydrogen-bond donors (Lipinski definition) is 0. The van der Waals surface area contributed by atoms with Gasteiger partial charge >= 0.3 is 5.97 Å². The summed E-state index contributed by atoms with van der Waals surface area (Å²) in [6.45, 7) is 2.52. The number of aryl methyl sites for hydroxylation is 1. The Morgan fingerprint density at radius 2 is 1.66 bits per heavy atom. The molecule has 0 amide bonds. The van der Waals surface area contributed by atoms with E-state index in [0.717, 1.165) is 16.7 Å². The van der Waals surface area contributed by atoms with E-state index in [9.17, 15) is 4.79 Å². The SMILES string of the molecule is Cc1ccc(OCCOc2ccc(Cl)cc2Cl)c(/C=C2\N=C(c3ccccc3)OC2=O)c1. The Hall–Kier alpha value is -3.28. The highest BCUT2D eigenvalue weighted by atomic mass is 35.5. The summed E-state index contributed by atoms with van der Waals surface area (Å²) in [4.78, 5) is 16.7. The summed E-state index contributed by atoms with van der Waals surface area (Å²) < 4.78 is 16.9. The number of carbonyl (C=O) groups is 1. The second-order valence-corrected chi connectivity index (χ2v) is 7.86. The third-order valence-corrected chi connectivity index (χ3v) is 5.12. The number of carbonyl (C=O) groups excluding carboxylic acids is 1. The number of aliphatic imine (C=N–C) groups is 1. The van der Waals surface area contributed by atoms with Crippen molar-refractivity contribution in [2.45, 2.75) is 6.92 Å². The summed E-state index contributed by atoms with van der Waals surface area (Å²) >= 11 is 12.0. The lowest BCUT2D eigenvalue weighted by molar-refractivity contribution is -0.129. The first-order valence-electron chi connectivity index (χ1n) is 9.89. The number of cyclic esters (lactones) is 1. The molecule has 0 atom stereocenters. The van der Waals surface area contributed by atoms with Gasteiger partial charge in [-0.05, 0) is 55.5 Å². The average molecular weight is 468 g/mol. The molecule has 162 valence electrons. The lowest BCUT2D eigenvalue weighted by Crippen LogP contribution is -2.10. The fourth-order valence-corrected chi connectivity index (χ4v) is 3.53. The summed E-state index contributed by atoms with van der Waals surface area (Å²) in [5.41, 5.74) is 2.69. The maximum Gasteiger partial charge on any atom is 0.363 e. The Bertz CT molecular complexity index is 1210. The van der Waals surface area contributed by atoms with Crippen LogP contribution in [0.1, 0.15) is 16.7 Å². The highest BCUT2D eigenvalue weighted by Crippen LogP contribution is 2.28. The van der Waals surface area contributed by atoms with E-state index in [0.29, 0.717) is 21.5 Å². The Labute approximate surface area is 195 Å². The van der Waals surface area contributed by atoms with E-state index in [1.807, 2.05) is 55.5 Å². The second kappa shape index (κ2) is 9.90. The van der Waals surface area contributed by atoms with Crippen molar-refractivity contribution in [3.8, 4) is 11.5 Å². The largest absolute Gasteiger partial charge is 0.489 e. The lowest BCUT2D eigenvalue weighted by atomic mass is 10.1. The normalized spacial score (nSPS) is 14.3. The van der Waals surface area contributed by atoms with Crippen molar-refractivity contribution in [3.05, 3.63) is 99.2 Å². The number of halogens is 2. The van der Waals surface area contributed by atoms with Crippen molar-refractivity contribution in [2.24, 2.45) is 4.99 Å². The smallest absolute Gasteiger partial charge is 0.363 e. The molecular formula is C25H19Cl2NO4. The topological polar surface area (TPSA) is 57.1 Å². The molecule has 0 bridgehead atoms. The zero-order valence-corrected chi connectivity index (χ0v) is 18.7. The van der Waals surface area contributed by atoms with Gasteiger partial charge in [-0.15, -0.1) is 0 Å². The average Bonchev–Trinajstić information content (AvgIpc) is 3.14. The lowest BCUT2D eigenvalue weighted by Gasteiger charge is -2.12. The molecule has 4 rings (SSSR count). The van der Waals surface area contributed by atoms with Crippen LogP contribution in [0.4, 0.5) is 0 Å². The minimum Gasteiger partial charge on any atom is -0.489 e. The number of benzene rings is 3. The van der Waals surface area contributed by atoms with E-state index >= 15 is 0 Å². The molecule has 1 aliphatic rings. The van der Waals surface area contributed by atoms with Crippen LogP contribution in [0.25, 0.3) is 6.08 Å². The van der Waals surface area contributed by atoms with Crippen LogP contribution in [0.5, 0.6) is 11.5 Å². The minimum atomic E-state index is -0.503. The van der Waals surface area contributed by atoms with Crippen LogP contribution in [0, 0.1) is 6.92 Å². The van der Waals surface area contributed by atoms with Gasteiger partial charge in [0.1, 0.15) is 24.7 Å². The third-order valence-electron chi connectivity index (χ3n) is 4.59. The first kappa shape index (κ1) is 21.9. The van der Waals surface area contributed by atoms with E-state index in [-0.39, 0.29) is 24.8 Å². The molecule has 32 heavy (non-hydrogen) atoms. The van der Waals surface area contributed by atoms with Crippen molar-refractivity contribution in [1.29, 1.82) is 0 Å². The molecule has 0 saturated heterocycles. The summed E-state index contributed by atoms with van der Waals surface area (Å²) in [6, 6.07) is 20.0. The van der Waals surface area contributed by atoms with Crippen molar-refractivity contribution < 1.29 is 19.0 Å². The van der Waals surface area contributed by atoms with Crippen LogP contribution < -0.4 is 9.47 Å². The van der Waals surface area contributed by atoms with Gasteiger partial charge in [-0.1, -0.05) is 53.0 Å². The van der Waals surface area contributed by atoms with Gasteiger partial charge in [-0.25, -0.2) is 9.79 Å². The predicted molar refractivity (Wildman–Crippen MR) is 126 cm³/mol. The number of esters is 1. The molecule has 3 aromatic rings. The van der Waals surface area contributed by atoms with Crippen molar-refractivity contribution in [3.63, 3.8) is 0 Å². The predicted octanol–water partition coefficient (Wildman–Crippen LogP) is 6.10. The molecular weight excluding hydrogens is 449 g/mol. The first-order chi connectivity index (χ1) is 15.5. The molecule has 7 heteroatoms. The second-order valence-electron chi connectivity index (χ2n) is 7.02. The van der Waals surface area contributed by atoms with Crippen molar-refractivity contribution >= 4 is 41.1 Å². The van der Waals surface area contributed by atoms with Crippen LogP contribution in [-0.4, -0.2) is 25.1 Å². The molecule has 0 aliphatic carbocycles. The van der Waals surface area contributed by atoms with Crippen molar-refractivity contribution in [2.75, 3.05) is 13.2 Å². The van der Waals surface area contributed by atoms with Crippen molar-refractivity contribution in [1.82, 2.24) is 0 Å². The fourth-order valence-electron chi connectivity index (χ4n) is 3.07. The summed E-state index contributed by atoms with van der Waals surface area (Å²) in [6.07, 6.45) is 1.66. The first-order valence-corrected chi connectivity index (χ1v) is 10.6. The Morgan fingerprint density at radius 3 is 2.41 bits per heavy atom. The highest BCUT2D eigenvalue weighted by Gasteiger charge is 2.24. The van der Waals surface area contributed by atoms with E-state index < -0.39 is 5.97 Å². The van der Waals surface area contributed by atoms with Crippen LogP contribution in [0.2, 0.25) is 10.0 Å². The van der Waals surface area contributed by atoms with Gasteiger partial charge in [-0.3, -0.25) is 0 Å². The molecule has 0 fully saturated rings. The fraction of sp³-hybridized carbons (Fsp3) is 0.120. The highest BCUT2D eigenvalue weighted by molar-refractivity contribution is 6.35.